The van der Waals surface area contributed by atoms with Gasteiger partial charge in [0.25, 0.3) is 5.91 Å². The summed E-state index contributed by atoms with van der Waals surface area (Å²) in [5.74, 6) is -0.636. The lowest BCUT2D eigenvalue weighted by molar-refractivity contribution is 0.0915. The second kappa shape index (κ2) is 6.70. The standard InChI is InChI=1S/C15H21FN2O2/c1-3-17-14-12(5-4-6-13(14)16)15(19)18-10-7-8-11(9-10)20-2/h4-6,10-11,17H,3,7-9H2,1-2H3,(H,18,19). The number of benzene rings is 1. The highest BCUT2D eigenvalue weighted by Gasteiger charge is 2.26. The summed E-state index contributed by atoms with van der Waals surface area (Å²) in [6.07, 6.45) is 2.87. The molecule has 1 saturated carbocycles. The molecule has 4 nitrogen and oxygen atoms in total. The van der Waals surface area contributed by atoms with Crippen molar-refractivity contribution in [3.8, 4) is 0 Å². The van der Waals surface area contributed by atoms with E-state index in [1.165, 1.54) is 6.07 Å². The van der Waals surface area contributed by atoms with E-state index in [2.05, 4.69) is 10.6 Å². The molecule has 0 bridgehead atoms. The van der Waals surface area contributed by atoms with Crippen LogP contribution in [0.15, 0.2) is 18.2 Å². The van der Waals surface area contributed by atoms with Crippen LogP contribution in [0.3, 0.4) is 0 Å². The number of carbonyl (C=O) groups excluding carboxylic acids is 1. The summed E-state index contributed by atoms with van der Waals surface area (Å²) in [6.45, 7) is 2.44. The number of nitrogens with one attached hydrogen (secondary N) is 2. The third-order valence-electron chi connectivity index (χ3n) is 3.66. The minimum Gasteiger partial charge on any atom is -0.382 e. The van der Waals surface area contributed by atoms with Crippen molar-refractivity contribution in [1.29, 1.82) is 0 Å². The van der Waals surface area contributed by atoms with Crippen LogP contribution in [0.4, 0.5) is 10.1 Å². The summed E-state index contributed by atoms with van der Waals surface area (Å²) >= 11 is 0. The largest absolute Gasteiger partial charge is 0.382 e. The number of hydrogen-bond donors (Lipinski definition) is 2. The van der Waals surface area contributed by atoms with E-state index >= 15 is 0 Å². The molecule has 1 amide bonds. The fraction of sp³-hybridized carbons (Fsp3) is 0.533. The highest BCUT2D eigenvalue weighted by Crippen LogP contribution is 2.24. The van der Waals surface area contributed by atoms with Gasteiger partial charge in [-0.2, -0.15) is 0 Å². The van der Waals surface area contributed by atoms with Gasteiger partial charge >= 0.3 is 0 Å². The molecule has 2 rings (SSSR count). The molecule has 5 heteroatoms. The van der Waals surface area contributed by atoms with E-state index in [9.17, 15) is 9.18 Å². The Morgan fingerprint density at radius 3 is 2.90 bits per heavy atom. The van der Waals surface area contributed by atoms with E-state index in [0.717, 1.165) is 19.3 Å². The fourth-order valence-electron chi connectivity index (χ4n) is 2.62. The lowest BCUT2D eigenvalue weighted by Gasteiger charge is -2.16. The Morgan fingerprint density at radius 2 is 2.25 bits per heavy atom. The monoisotopic (exact) mass is 280 g/mol. The summed E-state index contributed by atoms with van der Waals surface area (Å²) in [4.78, 5) is 12.3. The number of amides is 1. The van der Waals surface area contributed by atoms with Gasteiger partial charge in [-0.1, -0.05) is 6.07 Å². The van der Waals surface area contributed by atoms with Gasteiger partial charge in [-0.25, -0.2) is 4.39 Å². The summed E-state index contributed by atoms with van der Waals surface area (Å²) in [7, 11) is 1.69. The number of carbonyl (C=O) groups is 1. The molecule has 20 heavy (non-hydrogen) atoms. The molecule has 1 aliphatic rings. The topological polar surface area (TPSA) is 50.4 Å². The van der Waals surface area contributed by atoms with Gasteiger partial charge in [0.2, 0.25) is 0 Å². The highest BCUT2D eigenvalue weighted by atomic mass is 19.1. The maximum atomic E-state index is 13.8. The lowest BCUT2D eigenvalue weighted by atomic mass is 10.1. The summed E-state index contributed by atoms with van der Waals surface area (Å²) in [5.41, 5.74) is 0.626. The highest BCUT2D eigenvalue weighted by molar-refractivity contribution is 5.99. The number of methoxy groups -OCH3 is 1. The van der Waals surface area contributed by atoms with Gasteiger partial charge in [-0.05, 0) is 38.3 Å². The first-order valence-corrected chi connectivity index (χ1v) is 7.01. The zero-order valence-electron chi connectivity index (χ0n) is 11.9. The van der Waals surface area contributed by atoms with Crippen LogP contribution in [-0.2, 0) is 4.74 Å². The van der Waals surface area contributed by atoms with Crippen LogP contribution >= 0.6 is 0 Å². The molecule has 2 atom stereocenters. The SMILES string of the molecule is CCNc1c(F)cccc1C(=O)NC1CCC(OC)C1. The smallest absolute Gasteiger partial charge is 0.253 e. The number of hydrogen-bond acceptors (Lipinski definition) is 3. The minimum absolute atomic E-state index is 0.102. The molecule has 1 aromatic rings. The first kappa shape index (κ1) is 14.8. The van der Waals surface area contributed by atoms with Crippen LogP contribution in [-0.4, -0.2) is 31.7 Å². The van der Waals surface area contributed by atoms with Gasteiger partial charge in [0.1, 0.15) is 5.82 Å². The van der Waals surface area contributed by atoms with Crippen molar-refractivity contribution in [3.05, 3.63) is 29.6 Å². The van der Waals surface area contributed by atoms with Gasteiger partial charge in [0, 0.05) is 19.7 Å². The molecule has 0 saturated heterocycles. The van der Waals surface area contributed by atoms with Crippen molar-refractivity contribution in [2.75, 3.05) is 19.0 Å². The Morgan fingerprint density at radius 1 is 1.45 bits per heavy atom. The van der Waals surface area contributed by atoms with E-state index < -0.39 is 5.82 Å². The number of anilines is 1. The molecule has 0 radical (unpaired) electrons. The van der Waals surface area contributed by atoms with E-state index in [1.54, 1.807) is 19.2 Å². The third-order valence-corrected chi connectivity index (χ3v) is 3.66. The van der Waals surface area contributed by atoms with Gasteiger partial charge in [0.05, 0.1) is 17.4 Å². The average molecular weight is 280 g/mol. The van der Waals surface area contributed by atoms with Gasteiger partial charge in [-0.3, -0.25) is 4.79 Å². The Hall–Kier alpha value is -1.62. The van der Waals surface area contributed by atoms with Crippen molar-refractivity contribution in [1.82, 2.24) is 5.32 Å². The molecule has 2 unspecified atom stereocenters. The first-order chi connectivity index (χ1) is 9.65. The van der Waals surface area contributed by atoms with Crippen LogP contribution in [0.2, 0.25) is 0 Å². The molecular weight excluding hydrogens is 259 g/mol. The normalized spacial score (nSPS) is 21.8. The molecule has 2 N–H and O–H groups in total. The van der Waals surface area contributed by atoms with Gasteiger partial charge < -0.3 is 15.4 Å². The predicted molar refractivity (Wildman–Crippen MR) is 76.5 cm³/mol. The number of rotatable bonds is 5. The third kappa shape index (κ3) is 3.28. The van der Waals surface area contributed by atoms with Gasteiger partial charge in [-0.15, -0.1) is 0 Å². The summed E-state index contributed by atoms with van der Waals surface area (Å²) in [6, 6.07) is 4.65. The second-order valence-corrected chi connectivity index (χ2v) is 5.03. The first-order valence-electron chi connectivity index (χ1n) is 7.01. The molecule has 1 aromatic carbocycles. The number of para-hydroxylation sites is 1. The van der Waals surface area contributed by atoms with Crippen LogP contribution in [0, 0.1) is 5.82 Å². The van der Waals surface area contributed by atoms with Crippen molar-refractivity contribution in [2.24, 2.45) is 0 Å². The van der Waals surface area contributed by atoms with Crippen molar-refractivity contribution in [2.45, 2.75) is 38.3 Å². The van der Waals surface area contributed by atoms with Crippen molar-refractivity contribution in [3.63, 3.8) is 0 Å². The number of ether oxygens (including phenoxy) is 1. The van der Waals surface area contributed by atoms with E-state index in [4.69, 9.17) is 4.74 Å². The Kier molecular flexibility index (Phi) is 4.95. The summed E-state index contributed by atoms with van der Waals surface area (Å²) in [5, 5.41) is 5.87. The van der Waals surface area contributed by atoms with E-state index in [1.807, 2.05) is 6.92 Å². The van der Waals surface area contributed by atoms with Crippen LogP contribution < -0.4 is 10.6 Å². The molecule has 110 valence electrons. The van der Waals surface area contributed by atoms with E-state index in [0.29, 0.717) is 12.1 Å². The Labute approximate surface area is 118 Å². The number of halogens is 1. The zero-order chi connectivity index (χ0) is 14.5. The molecule has 1 aliphatic carbocycles. The Bertz CT molecular complexity index is 479. The predicted octanol–water partition coefficient (Wildman–Crippen LogP) is 2.55. The lowest BCUT2D eigenvalue weighted by Crippen LogP contribution is -2.34. The van der Waals surface area contributed by atoms with Crippen LogP contribution in [0.25, 0.3) is 0 Å². The fourth-order valence-corrected chi connectivity index (χ4v) is 2.62. The molecule has 0 aliphatic heterocycles. The Balaban J connectivity index is 2.08. The molecule has 0 heterocycles. The summed E-state index contributed by atoms with van der Waals surface area (Å²) < 4.78 is 19.1. The van der Waals surface area contributed by atoms with Gasteiger partial charge in [0.15, 0.2) is 0 Å². The van der Waals surface area contributed by atoms with Crippen molar-refractivity contribution < 1.29 is 13.9 Å². The molecule has 0 spiro atoms. The second-order valence-electron chi connectivity index (χ2n) is 5.03. The average Bonchev–Trinajstić information content (AvgIpc) is 2.88. The van der Waals surface area contributed by atoms with Crippen molar-refractivity contribution >= 4 is 11.6 Å². The quantitative estimate of drug-likeness (QED) is 0.871. The van der Waals surface area contributed by atoms with Crippen LogP contribution in [0.1, 0.15) is 36.5 Å². The zero-order valence-corrected chi connectivity index (χ0v) is 11.9. The molecule has 1 fully saturated rings. The van der Waals surface area contributed by atoms with E-state index in [-0.39, 0.29) is 23.7 Å². The molecular formula is C15H21FN2O2. The minimum atomic E-state index is -0.402. The molecule has 0 aromatic heterocycles. The maximum absolute atomic E-state index is 13.8. The maximum Gasteiger partial charge on any atom is 0.253 e. The van der Waals surface area contributed by atoms with Crippen LogP contribution in [0.5, 0.6) is 0 Å².